The fourth-order valence-corrected chi connectivity index (χ4v) is 7.85. The standard InChI is InChI=1S/C36H37N3O7/c1-18-5-4-6-20(13-18)17-38-16-19-7-9-21(10-8-19)23-11-12-26(40)28-24(23)14-22-15-25-30(39(2)3)32(42)29(35(37)45)34(44)36(25,46)33(43)27(22)31(28)41/h4-13,22,25,27,29-30,38,40,46H,14-17H2,1-3H3,(H2,37,45)/t22-,25-,27?,29?,30-,36-/m0/s1. The Labute approximate surface area is 266 Å². The second-order valence-electron chi connectivity index (χ2n) is 13.1. The highest BCUT2D eigenvalue weighted by Gasteiger charge is 2.69. The number of amides is 1. The molecule has 0 heterocycles. The molecule has 2 fully saturated rings. The molecule has 6 atom stereocenters. The van der Waals surface area contributed by atoms with Gasteiger partial charge >= 0.3 is 0 Å². The number of primary amides is 1. The molecule has 0 bridgehead atoms. The maximum absolute atomic E-state index is 14.0. The van der Waals surface area contributed by atoms with E-state index in [0.29, 0.717) is 12.1 Å². The minimum atomic E-state index is -2.74. The van der Waals surface area contributed by atoms with Gasteiger partial charge in [0.2, 0.25) is 5.91 Å². The maximum Gasteiger partial charge on any atom is 0.235 e. The normalized spacial score (nSPS) is 27.3. The van der Waals surface area contributed by atoms with Crippen LogP contribution in [0.1, 0.15) is 39.0 Å². The highest BCUT2D eigenvalue weighted by molar-refractivity contribution is 6.32. The molecule has 2 saturated carbocycles. The lowest BCUT2D eigenvalue weighted by molar-refractivity contribution is -0.181. The number of nitrogens with two attached hydrogens (primary N) is 1. The fraction of sp³-hybridized carbons (Fsp3) is 0.361. The van der Waals surface area contributed by atoms with Gasteiger partial charge in [0.1, 0.15) is 5.75 Å². The molecule has 238 valence electrons. The van der Waals surface area contributed by atoms with Gasteiger partial charge in [-0.25, -0.2) is 0 Å². The second-order valence-corrected chi connectivity index (χ2v) is 13.1. The lowest BCUT2D eigenvalue weighted by atomic mass is 9.52. The topological polar surface area (TPSA) is 167 Å². The number of nitrogens with one attached hydrogen (secondary N) is 1. The van der Waals surface area contributed by atoms with E-state index < -0.39 is 64.4 Å². The van der Waals surface area contributed by atoms with Crippen LogP contribution in [0, 0.1) is 30.6 Å². The Morgan fingerprint density at radius 3 is 2.33 bits per heavy atom. The number of hydrogen-bond donors (Lipinski definition) is 4. The van der Waals surface area contributed by atoms with Gasteiger partial charge in [0.05, 0.1) is 17.5 Å². The van der Waals surface area contributed by atoms with E-state index in [1.165, 1.54) is 22.1 Å². The number of nitrogens with zero attached hydrogens (tertiary/aromatic N) is 1. The van der Waals surface area contributed by atoms with Crippen molar-refractivity contribution in [3.63, 3.8) is 0 Å². The monoisotopic (exact) mass is 623 g/mol. The third-order valence-electron chi connectivity index (χ3n) is 9.95. The molecule has 0 radical (unpaired) electrons. The van der Waals surface area contributed by atoms with E-state index in [1.54, 1.807) is 20.2 Å². The number of phenols is 1. The molecule has 5 N–H and O–H groups in total. The van der Waals surface area contributed by atoms with E-state index >= 15 is 0 Å². The number of likely N-dealkylation sites (N-methyl/N-ethyl adjacent to an activating group) is 1. The van der Waals surface area contributed by atoms with Crippen molar-refractivity contribution < 1.29 is 34.2 Å². The smallest absolute Gasteiger partial charge is 0.235 e. The van der Waals surface area contributed by atoms with E-state index in [9.17, 15) is 34.2 Å². The zero-order chi connectivity index (χ0) is 33.1. The van der Waals surface area contributed by atoms with Crippen LogP contribution < -0.4 is 11.1 Å². The van der Waals surface area contributed by atoms with Gasteiger partial charge in [-0.1, -0.05) is 60.2 Å². The minimum Gasteiger partial charge on any atom is -0.507 e. The van der Waals surface area contributed by atoms with E-state index in [1.807, 2.05) is 30.3 Å². The summed E-state index contributed by atoms with van der Waals surface area (Å²) in [5.41, 5.74) is 8.20. The summed E-state index contributed by atoms with van der Waals surface area (Å²) in [5, 5.41) is 26.1. The molecule has 0 aliphatic heterocycles. The third kappa shape index (κ3) is 4.97. The molecular weight excluding hydrogens is 586 g/mol. The first-order valence-corrected chi connectivity index (χ1v) is 15.4. The molecule has 46 heavy (non-hydrogen) atoms. The number of fused-ring (bicyclic) bond motifs is 3. The summed E-state index contributed by atoms with van der Waals surface area (Å²) in [6, 6.07) is 18.2. The van der Waals surface area contributed by atoms with Gasteiger partial charge in [-0.05, 0) is 73.7 Å². The zero-order valence-corrected chi connectivity index (χ0v) is 25.9. The number of benzene rings is 3. The number of ketones is 4. The van der Waals surface area contributed by atoms with E-state index in [4.69, 9.17) is 5.73 Å². The van der Waals surface area contributed by atoms with Gasteiger partial charge in [-0.15, -0.1) is 0 Å². The summed E-state index contributed by atoms with van der Waals surface area (Å²) in [4.78, 5) is 68.5. The molecular formula is C36H37N3O7. The summed E-state index contributed by atoms with van der Waals surface area (Å²) in [6.07, 6.45) is 0.208. The first kappa shape index (κ1) is 31.5. The first-order valence-electron chi connectivity index (χ1n) is 15.4. The Hall–Kier alpha value is -4.51. The Kier molecular flexibility index (Phi) is 8.00. The molecule has 10 nitrogen and oxygen atoms in total. The predicted molar refractivity (Wildman–Crippen MR) is 169 cm³/mol. The molecule has 0 aromatic heterocycles. The summed E-state index contributed by atoms with van der Waals surface area (Å²) >= 11 is 0. The van der Waals surface area contributed by atoms with Crippen molar-refractivity contribution in [3.05, 3.63) is 88.5 Å². The van der Waals surface area contributed by atoms with Crippen LogP contribution in [0.5, 0.6) is 5.75 Å². The number of aryl methyl sites for hydroxylation is 1. The van der Waals surface area contributed by atoms with Crippen LogP contribution in [0.15, 0.2) is 60.7 Å². The SMILES string of the molecule is Cc1cccc(CNCc2ccc(-c3ccc(O)c4c3C[C@H]3C[C@H]5[C@H](N(C)C)C(=O)C(C(N)=O)C(=O)[C@@]5(O)C(=O)C3C4=O)cc2)c1. The third-order valence-corrected chi connectivity index (χ3v) is 9.95. The predicted octanol–water partition coefficient (Wildman–Crippen LogP) is 2.13. The van der Waals surface area contributed by atoms with Crippen molar-refractivity contribution in [3.8, 4) is 16.9 Å². The molecule has 3 aliphatic carbocycles. The minimum absolute atomic E-state index is 0.00450. The van der Waals surface area contributed by atoms with Crippen LogP contribution in [0.4, 0.5) is 0 Å². The van der Waals surface area contributed by atoms with E-state index in [2.05, 4.69) is 30.4 Å². The number of carbonyl (C=O) groups is 5. The van der Waals surface area contributed by atoms with Gasteiger partial charge in [-0.3, -0.25) is 28.9 Å². The average molecular weight is 624 g/mol. The van der Waals surface area contributed by atoms with Gasteiger partial charge in [0, 0.05) is 19.0 Å². The first-order chi connectivity index (χ1) is 21.8. The molecule has 0 saturated heterocycles. The molecule has 1 amide bonds. The Balaban J connectivity index is 1.31. The quantitative estimate of drug-likeness (QED) is 0.288. The number of Topliss-reactive ketones (excluding diaryl/α,β-unsaturated/α-hetero) is 4. The number of hydrogen-bond acceptors (Lipinski definition) is 9. The molecule has 3 aromatic carbocycles. The van der Waals surface area contributed by atoms with Crippen LogP contribution in [-0.4, -0.2) is 69.9 Å². The summed E-state index contributed by atoms with van der Waals surface area (Å²) in [6.45, 7) is 3.43. The number of aromatic hydroxyl groups is 1. The highest BCUT2D eigenvalue weighted by Crippen LogP contribution is 2.51. The van der Waals surface area contributed by atoms with Gasteiger partial charge in [-0.2, -0.15) is 0 Å². The summed E-state index contributed by atoms with van der Waals surface area (Å²) in [7, 11) is 3.12. The van der Waals surface area contributed by atoms with Crippen molar-refractivity contribution in [2.45, 2.75) is 44.5 Å². The van der Waals surface area contributed by atoms with Crippen molar-refractivity contribution >= 4 is 29.0 Å². The Morgan fingerprint density at radius 2 is 1.67 bits per heavy atom. The van der Waals surface area contributed by atoms with Crippen LogP contribution in [0.25, 0.3) is 11.1 Å². The van der Waals surface area contributed by atoms with Gasteiger partial charge in [0.15, 0.2) is 34.7 Å². The molecule has 0 spiro atoms. The van der Waals surface area contributed by atoms with E-state index in [-0.39, 0.29) is 24.2 Å². The largest absolute Gasteiger partial charge is 0.507 e. The zero-order valence-electron chi connectivity index (χ0n) is 25.9. The molecule has 2 unspecified atom stereocenters. The molecule has 3 aliphatic rings. The number of phenolic OH excluding ortho intramolecular Hbond substituents is 1. The Morgan fingerprint density at radius 1 is 0.978 bits per heavy atom. The van der Waals surface area contributed by atoms with Crippen LogP contribution >= 0.6 is 0 Å². The fourth-order valence-electron chi connectivity index (χ4n) is 7.85. The lowest BCUT2D eigenvalue weighted by Gasteiger charge is -2.52. The molecule has 10 heteroatoms. The number of aliphatic hydroxyl groups is 1. The lowest BCUT2D eigenvalue weighted by Crippen LogP contribution is -2.74. The molecule has 6 rings (SSSR count). The summed E-state index contributed by atoms with van der Waals surface area (Å²) in [5.74, 6) is -10.6. The average Bonchev–Trinajstić information content (AvgIpc) is 2.99. The van der Waals surface area contributed by atoms with Crippen molar-refractivity contribution in [2.24, 2.45) is 29.4 Å². The van der Waals surface area contributed by atoms with Gasteiger partial charge in [0.25, 0.3) is 0 Å². The number of carbonyl (C=O) groups excluding carboxylic acids is 5. The van der Waals surface area contributed by atoms with Crippen LogP contribution in [0.2, 0.25) is 0 Å². The summed E-state index contributed by atoms with van der Waals surface area (Å²) < 4.78 is 0. The maximum atomic E-state index is 14.0. The van der Waals surface area contributed by atoms with Crippen molar-refractivity contribution in [2.75, 3.05) is 14.1 Å². The van der Waals surface area contributed by atoms with Crippen LogP contribution in [-0.2, 0) is 38.7 Å². The van der Waals surface area contributed by atoms with Crippen LogP contribution in [0.3, 0.4) is 0 Å². The second kappa shape index (κ2) is 11.7. The number of rotatable bonds is 7. The highest BCUT2D eigenvalue weighted by atomic mass is 16.3. The van der Waals surface area contributed by atoms with Crippen molar-refractivity contribution in [1.29, 1.82) is 0 Å². The Bertz CT molecular complexity index is 1780. The van der Waals surface area contributed by atoms with Gasteiger partial charge < -0.3 is 21.3 Å². The van der Waals surface area contributed by atoms with Crippen molar-refractivity contribution in [1.82, 2.24) is 10.2 Å². The molecule has 3 aromatic rings. The van der Waals surface area contributed by atoms with E-state index in [0.717, 1.165) is 23.2 Å².